The quantitative estimate of drug-likeness (QED) is 0.562. The molecule has 0 aromatic rings. The summed E-state index contributed by atoms with van der Waals surface area (Å²) < 4.78 is 0. The molecule has 3 N–H and O–H groups in total. The van der Waals surface area contributed by atoms with Gasteiger partial charge in [0.2, 0.25) is 0 Å². The molecule has 0 saturated heterocycles. The molecule has 0 aliphatic carbocycles. The van der Waals surface area contributed by atoms with E-state index >= 15 is 0 Å². The van der Waals surface area contributed by atoms with E-state index in [0.29, 0.717) is 12.6 Å². The summed E-state index contributed by atoms with van der Waals surface area (Å²) in [6, 6.07) is -0.146. The minimum absolute atomic E-state index is 0.0544. The average Bonchev–Trinajstić information content (AvgIpc) is 2.32. The van der Waals surface area contributed by atoms with Crippen molar-refractivity contribution in [3.05, 3.63) is 0 Å². The summed E-state index contributed by atoms with van der Waals surface area (Å²) in [5.41, 5.74) is 0. The van der Waals surface area contributed by atoms with Crippen LogP contribution in [0.3, 0.4) is 0 Å². The van der Waals surface area contributed by atoms with Gasteiger partial charge in [-0.25, -0.2) is 4.79 Å². The van der Waals surface area contributed by atoms with E-state index in [9.17, 15) is 9.59 Å². The predicted molar refractivity (Wildman–Crippen MR) is 79.8 cm³/mol. The Morgan fingerprint density at radius 2 is 1.80 bits per heavy atom. The molecule has 6 nitrogen and oxygen atoms in total. The van der Waals surface area contributed by atoms with E-state index in [1.54, 1.807) is 0 Å². The fourth-order valence-corrected chi connectivity index (χ4v) is 1.65. The Morgan fingerprint density at radius 1 is 1.20 bits per heavy atom. The Balaban J connectivity index is 3.94. The summed E-state index contributed by atoms with van der Waals surface area (Å²) in [4.78, 5) is 24.6. The molecular weight excluding hydrogens is 258 g/mol. The van der Waals surface area contributed by atoms with Crippen LogP contribution in [-0.4, -0.2) is 54.2 Å². The summed E-state index contributed by atoms with van der Waals surface area (Å²) in [5.74, 6) is -0.813. The molecule has 0 saturated carbocycles. The van der Waals surface area contributed by atoms with E-state index in [2.05, 4.69) is 29.4 Å². The summed E-state index contributed by atoms with van der Waals surface area (Å²) in [6.07, 6.45) is 0.814. The van der Waals surface area contributed by atoms with Crippen LogP contribution >= 0.6 is 0 Å². The molecule has 0 aliphatic rings. The van der Waals surface area contributed by atoms with Gasteiger partial charge < -0.3 is 20.6 Å². The lowest BCUT2D eigenvalue weighted by Crippen LogP contribution is -2.46. The van der Waals surface area contributed by atoms with E-state index in [-0.39, 0.29) is 24.4 Å². The molecule has 2 amide bonds. The summed E-state index contributed by atoms with van der Waals surface area (Å²) in [5, 5.41) is 14.3. The molecule has 0 spiro atoms. The topological polar surface area (TPSA) is 81.7 Å². The molecule has 0 radical (unpaired) electrons. The number of carbonyl (C=O) groups excluding carboxylic acids is 1. The zero-order valence-corrected chi connectivity index (χ0v) is 13.3. The zero-order chi connectivity index (χ0) is 15.7. The van der Waals surface area contributed by atoms with E-state index in [4.69, 9.17) is 5.11 Å². The number of urea groups is 1. The van der Waals surface area contributed by atoms with Crippen LogP contribution in [0, 0.1) is 5.92 Å². The second-order valence-corrected chi connectivity index (χ2v) is 5.78. The molecule has 118 valence electrons. The summed E-state index contributed by atoms with van der Waals surface area (Å²) in [6.45, 7) is 9.54. The highest BCUT2D eigenvalue weighted by atomic mass is 16.4. The normalized spacial score (nSPS) is 12.8. The van der Waals surface area contributed by atoms with Crippen molar-refractivity contribution in [2.24, 2.45) is 5.92 Å². The lowest BCUT2D eigenvalue weighted by atomic mass is 10.0. The van der Waals surface area contributed by atoms with E-state index in [1.807, 2.05) is 20.9 Å². The van der Waals surface area contributed by atoms with Crippen LogP contribution in [0.5, 0.6) is 0 Å². The maximum Gasteiger partial charge on any atom is 0.315 e. The number of nitrogens with one attached hydrogen (secondary N) is 2. The Hall–Kier alpha value is -1.30. The number of carbonyl (C=O) groups is 2. The smallest absolute Gasteiger partial charge is 0.315 e. The van der Waals surface area contributed by atoms with Gasteiger partial charge >= 0.3 is 12.0 Å². The summed E-state index contributed by atoms with van der Waals surface area (Å²) in [7, 11) is 2.05. The second kappa shape index (κ2) is 9.58. The maximum atomic E-state index is 11.7. The highest BCUT2D eigenvalue weighted by Gasteiger charge is 2.19. The van der Waals surface area contributed by atoms with Crippen LogP contribution in [0.4, 0.5) is 4.79 Å². The van der Waals surface area contributed by atoms with E-state index in [1.165, 1.54) is 0 Å². The number of aliphatic carboxylic acids is 1. The van der Waals surface area contributed by atoms with Crippen LogP contribution in [0.2, 0.25) is 0 Å². The van der Waals surface area contributed by atoms with Gasteiger partial charge in [0.15, 0.2) is 0 Å². The van der Waals surface area contributed by atoms with Gasteiger partial charge in [0, 0.05) is 18.6 Å². The molecule has 0 rings (SSSR count). The SMILES string of the molecule is CC(C)C(CC(=O)O)NC(=O)NCCCN(C)C(C)C. The fourth-order valence-electron chi connectivity index (χ4n) is 1.65. The number of carboxylic acids is 1. The van der Waals surface area contributed by atoms with Crippen LogP contribution in [0.25, 0.3) is 0 Å². The highest BCUT2D eigenvalue weighted by molar-refractivity contribution is 5.75. The lowest BCUT2D eigenvalue weighted by molar-refractivity contribution is -0.137. The molecule has 20 heavy (non-hydrogen) atoms. The third kappa shape index (κ3) is 8.74. The number of hydrogen-bond donors (Lipinski definition) is 3. The van der Waals surface area contributed by atoms with E-state index in [0.717, 1.165) is 13.0 Å². The Bertz CT molecular complexity index is 306. The maximum absolute atomic E-state index is 11.7. The molecular formula is C14H29N3O3. The number of carboxylic acid groups (broad SMARTS) is 1. The molecule has 0 bridgehead atoms. The monoisotopic (exact) mass is 287 g/mol. The third-order valence-electron chi connectivity index (χ3n) is 3.37. The third-order valence-corrected chi connectivity index (χ3v) is 3.37. The standard InChI is InChI=1S/C14H29N3O3/c1-10(2)12(9-13(18)19)16-14(20)15-7-6-8-17(5)11(3)4/h10-12H,6-9H2,1-5H3,(H,18,19)(H2,15,16,20). The van der Waals surface area contributed by atoms with E-state index < -0.39 is 5.97 Å². The minimum atomic E-state index is -0.900. The molecule has 1 unspecified atom stereocenters. The number of nitrogens with zero attached hydrogens (tertiary/aromatic N) is 1. The highest BCUT2D eigenvalue weighted by Crippen LogP contribution is 2.05. The van der Waals surface area contributed by atoms with Crippen molar-refractivity contribution in [2.45, 2.75) is 52.6 Å². The van der Waals surface area contributed by atoms with Crippen LogP contribution in [-0.2, 0) is 4.79 Å². The first-order valence-electron chi connectivity index (χ1n) is 7.20. The predicted octanol–water partition coefficient (Wildman–Crippen LogP) is 1.52. The van der Waals surface area contributed by atoms with Gasteiger partial charge in [-0.15, -0.1) is 0 Å². The second-order valence-electron chi connectivity index (χ2n) is 5.78. The molecule has 0 aromatic heterocycles. The molecule has 6 heteroatoms. The van der Waals surface area contributed by atoms with Crippen molar-refractivity contribution in [1.29, 1.82) is 0 Å². The Morgan fingerprint density at radius 3 is 2.25 bits per heavy atom. The van der Waals surface area contributed by atoms with Crippen LogP contribution in [0.15, 0.2) is 0 Å². The van der Waals surface area contributed by atoms with Gasteiger partial charge in [-0.1, -0.05) is 13.8 Å². The lowest BCUT2D eigenvalue weighted by Gasteiger charge is -2.22. The van der Waals surface area contributed by atoms with Crippen molar-refractivity contribution < 1.29 is 14.7 Å². The van der Waals surface area contributed by atoms with Gasteiger partial charge in [-0.2, -0.15) is 0 Å². The molecule has 0 heterocycles. The van der Waals surface area contributed by atoms with Gasteiger partial charge in [0.25, 0.3) is 0 Å². The molecule has 0 aromatic carbocycles. The Kier molecular flexibility index (Phi) is 8.96. The largest absolute Gasteiger partial charge is 0.481 e. The van der Waals surface area contributed by atoms with Crippen molar-refractivity contribution in [3.63, 3.8) is 0 Å². The molecule has 0 aliphatic heterocycles. The van der Waals surface area contributed by atoms with Crippen molar-refractivity contribution in [3.8, 4) is 0 Å². The van der Waals surface area contributed by atoms with Gasteiger partial charge in [0.05, 0.1) is 6.42 Å². The minimum Gasteiger partial charge on any atom is -0.481 e. The van der Waals surface area contributed by atoms with Crippen LogP contribution < -0.4 is 10.6 Å². The molecule has 1 atom stereocenters. The van der Waals surface area contributed by atoms with Crippen molar-refractivity contribution in [2.75, 3.05) is 20.1 Å². The van der Waals surface area contributed by atoms with Gasteiger partial charge in [-0.05, 0) is 39.8 Å². The summed E-state index contributed by atoms with van der Waals surface area (Å²) >= 11 is 0. The number of amides is 2. The molecule has 0 fully saturated rings. The van der Waals surface area contributed by atoms with Crippen molar-refractivity contribution in [1.82, 2.24) is 15.5 Å². The number of hydrogen-bond acceptors (Lipinski definition) is 3. The Labute approximate surface area is 121 Å². The first-order valence-corrected chi connectivity index (χ1v) is 7.20. The van der Waals surface area contributed by atoms with Crippen LogP contribution in [0.1, 0.15) is 40.5 Å². The number of rotatable bonds is 9. The zero-order valence-electron chi connectivity index (χ0n) is 13.3. The van der Waals surface area contributed by atoms with Crippen molar-refractivity contribution >= 4 is 12.0 Å². The van der Waals surface area contributed by atoms with Gasteiger partial charge in [0.1, 0.15) is 0 Å². The van der Waals surface area contributed by atoms with Gasteiger partial charge in [-0.3, -0.25) is 4.79 Å². The average molecular weight is 287 g/mol. The first-order chi connectivity index (χ1) is 9.23. The first kappa shape index (κ1) is 18.7. The fraction of sp³-hybridized carbons (Fsp3) is 0.857.